The SMILES string of the molecule is CCOOc1c(Cc2ccccc2)ccc(C)c1C. The highest BCUT2D eigenvalue weighted by Gasteiger charge is 2.11. The zero-order valence-corrected chi connectivity index (χ0v) is 11.8. The molecule has 0 bridgehead atoms. The highest BCUT2D eigenvalue weighted by Crippen LogP contribution is 2.28. The number of hydrogen-bond donors (Lipinski definition) is 0. The summed E-state index contributed by atoms with van der Waals surface area (Å²) in [5, 5.41) is 0. The molecule has 2 aromatic carbocycles. The van der Waals surface area contributed by atoms with Gasteiger partial charge in [0, 0.05) is 12.0 Å². The molecule has 0 radical (unpaired) electrons. The van der Waals surface area contributed by atoms with Crippen molar-refractivity contribution in [1.82, 2.24) is 0 Å². The Bertz CT molecular complexity index is 532. The molecule has 0 heterocycles. The van der Waals surface area contributed by atoms with E-state index in [1.807, 2.05) is 13.0 Å². The fourth-order valence-corrected chi connectivity index (χ4v) is 2.04. The van der Waals surface area contributed by atoms with Crippen LogP contribution < -0.4 is 4.89 Å². The summed E-state index contributed by atoms with van der Waals surface area (Å²) >= 11 is 0. The molecule has 0 fully saturated rings. The second kappa shape index (κ2) is 6.39. The summed E-state index contributed by atoms with van der Waals surface area (Å²) in [6.07, 6.45) is 0.852. The van der Waals surface area contributed by atoms with Crippen LogP contribution in [0.25, 0.3) is 0 Å². The number of rotatable bonds is 5. The summed E-state index contributed by atoms with van der Waals surface area (Å²) in [7, 11) is 0. The van der Waals surface area contributed by atoms with Crippen LogP contribution in [0, 0.1) is 13.8 Å². The first-order valence-electron chi connectivity index (χ1n) is 6.65. The Morgan fingerprint density at radius 1 is 0.947 bits per heavy atom. The maximum Gasteiger partial charge on any atom is 0.172 e. The first-order chi connectivity index (χ1) is 9.22. The Labute approximate surface area is 114 Å². The first kappa shape index (κ1) is 13.6. The van der Waals surface area contributed by atoms with E-state index < -0.39 is 0 Å². The molecule has 0 aliphatic heterocycles. The second-order valence-corrected chi connectivity index (χ2v) is 4.65. The molecular weight excluding hydrogens is 236 g/mol. The molecule has 0 N–H and O–H groups in total. The molecule has 0 unspecified atom stereocenters. The molecule has 100 valence electrons. The zero-order valence-electron chi connectivity index (χ0n) is 11.8. The molecule has 2 aromatic rings. The van der Waals surface area contributed by atoms with Crippen LogP contribution in [0.3, 0.4) is 0 Å². The van der Waals surface area contributed by atoms with Crippen molar-refractivity contribution >= 4 is 0 Å². The third-order valence-corrected chi connectivity index (χ3v) is 3.26. The Balaban J connectivity index is 2.31. The quantitative estimate of drug-likeness (QED) is 0.589. The van der Waals surface area contributed by atoms with Crippen molar-refractivity contribution in [2.24, 2.45) is 0 Å². The molecule has 19 heavy (non-hydrogen) atoms. The van der Waals surface area contributed by atoms with Gasteiger partial charge in [-0.25, -0.2) is 0 Å². The van der Waals surface area contributed by atoms with Crippen LogP contribution in [0.1, 0.15) is 29.2 Å². The van der Waals surface area contributed by atoms with Gasteiger partial charge in [-0.15, -0.1) is 0 Å². The molecule has 0 aromatic heterocycles. The minimum Gasteiger partial charge on any atom is -0.337 e. The molecule has 0 spiro atoms. The molecule has 0 aliphatic rings. The number of hydrogen-bond acceptors (Lipinski definition) is 2. The van der Waals surface area contributed by atoms with Gasteiger partial charge in [0.25, 0.3) is 0 Å². The molecule has 2 heteroatoms. The lowest BCUT2D eigenvalue weighted by Gasteiger charge is -2.14. The van der Waals surface area contributed by atoms with E-state index in [4.69, 9.17) is 9.78 Å². The topological polar surface area (TPSA) is 18.5 Å². The summed E-state index contributed by atoms with van der Waals surface area (Å²) in [5.41, 5.74) is 4.78. The van der Waals surface area contributed by atoms with Gasteiger partial charge in [0.2, 0.25) is 0 Å². The van der Waals surface area contributed by atoms with E-state index in [0.717, 1.165) is 23.3 Å². The van der Waals surface area contributed by atoms with Crippen LogP contribution in [-0.4, -0.2) is 6.61 Å². The van der Waals surface area contributed by atoms with Crippen molar-refractivity contribution in [3.8, 4) is 5.75 Å². The second-order valence-electron chi connectivity index (χ2n) is 4.65. The van der Waals surface area contributed by atoms with Gasteiger partial charge in [-0.1, -0.05) is 42.5 Å². The largest absolute Gasteiger partial charge is 0.337 e. The predicted molar refractivity (Wildman–Crippen MR) is 77.4 cm³/mol. The van der Waals surface area contributed by atoms with Gasteiger partial charge >= 0.3 is 0 Å². The predicted octanol–water partition coefficient (Wildman–Crippen LogP) is 4.22. The minimum atomic E-state index is 0.540. The maximum atomic E-state index is 5.47. The lowest BCUT2D eigenvalue weighted by Crippen LogP contribution is -2.03. The van der Waals surface area contributed by atoms with Crippen LogP contribution >= 0.6 is 0 Å². The smallest absolute Gasteiger partial charge is 0.172 e. The number of aryl methyl sites for hydroxylation is 1. The van der Waals surface area contributed by atoms with E-state index in [1.165, 1.54) is 11.1 Å². The maximum absolute atomic E-state index is 5.47. The van der Waals surface area contributed by atoms with Gasteiger partial charge in [-0.3, -0.25) is 0 Å². The van der Waals surface area contributed by atoms with E-state index >= 15 is 0 Å². The highest BCUT2D eigenvalue weighted by atomic mass is 17.2. The fraction of sp³-hybridized carbons (Fsp3) is 0.294. The van der Waals surface area contributed by atoms with E-state index in [0.29, 0.717) is 6.61 Å². The van der Waals surface area contributed by atoms with Gasteiger partial charge in [-0.2, -0.15) is 4.89 Å². The van der Waals surface area contributed by atoms with Crippen molar-refractivity contribution < 1.29 is 9.78 Å². The van der Waals surface area contributed by atoms with Gasteiger partial charge in [0.05, 0.1) is 6.61 Å². The van der Waals surface area contributed by atoms with Gasteiger partial charge in [0.15, 0.2) is 5.75 Å². The zero-order chi connectivity index (χ0) is 13.7. The molecule has 0 saturated heterocycles. The Morgan fingerprint density at radius 2 is 1.68 bits per heavy atom. The minimum absolute atomic E-state index is 0.540. The summed E-state index contributed by atoms with van der Waals surface area (Å²) in [6.45, 7) is 6.61. The highest BCUT2D eigenvalue weighted by molar-refractivity contribution is 5.46. The van der Waals surface area contributed by atoms with Crippen LogP contribution in [0.4, 0.5) is 0 Å². The first-order valence-corrected chi connectivity index (χ1v) is 6.65. The molecule has 2 rings (SSSR count). The standard InChI is InChI=1S/C17H20O2/c1-4-18-19-17-14(3)13(2)10-11-16(17)12-15-8-6-5-7-9-15/h5-11H,4,12H2,1-3H3. The lowest BCUT2D eigenvalue weighted by molar-refractivity contribution is -0.203. The third-order valence-electron chi connectivity index (χ3n) is 3.26. The van der Waals surface area contributed by atoms with E-state index in [2.05, 4.69) is 50.2 Å². The average molecular weight is 256 g/mol. The Hall–Kier alpha value is -1.80. The normalized spacial score (nSPS) is 10.5. The summed E-state index contributed by atoms with van der Waals surface area (Å²) in [6, 6.07) is 14.6. The van der Waals surface area contributed by atoms with E-state index in [1.54, 1.807) is 0 Å². The lowest BCUT2D eigenvalue weighted by atomic mass is 9.99. The monoisotopic (exact) mass is 256 g/mol. The van der Waals surface area contributed by atoms with Crippen molar-refractivity contribution in [2.45, 2.75) is 27.2 Å². The fourth-order valence-electron chi connectivity index (χ4n) is 2.04. The van der Waals surface area contributed by atoms with Gasteiger partial charge in [0.1, 0.15) is 0 Å². The molecule has 0 aliphatic carbocycles. The molecule has 2 nitrogen and oxygen atoms in total. The van der Waals surface area contributed by atoms with E-state index in [9.17, 15) is 0 Å². The molecule has 0 amide bonds. The van der Waals surface area contributed by atoms with Crippen LogP contribution in [0.5, 0.6) is 5.75 Å². The van der Waals surface area contributed by atoms with E-state index in [-0.39, 0.29) is 0 Å². The summed E-state index contributed by atoms with van der Waals surface area (Å²) < 4.78 is 0. The summed E-state index contributed by atoms with van der Waals surface area (Å²) in [5.74, 6) is 0.853. The van der Waals surface area contributed by atoms with Crippen LogP contribution in [-0.2, 0) is 11.3 Å². The van der Waals surface area contributed by atoms with Gasteiger partial charge < -0.3 is 4.89 Å². The van der Waals surface area contributed by atoms with Crippen molar-refractivity contribution in [3.63, 3.8) is 0 Å². The number of benzene rings is 2. The van der Waals surface area contributed by atoms with Crippen molar-refractivity contribution in [1.29, 1.82) is 0 Å². The van der Waals surface area contributed by atoms with Crippen molar-refractivity contribution in [2.75, 3.05) is 6.61 Å². The molecular formula is C17H20O2. The van der Waals surface area contributed by atoms with Gasteiger partial charge in [-0.05, 0) is 37.5 Å². The van der Waals surface area contributed by atoms with Crippen LogP contribution in [0.2, 0.25) is 0 Å². The van der Waals surface area contributed by atoms with Crippen molar-refractivity contribution in [3.05, 3.63) is 64.7 Å². The average Bonchev–Trinajstić information content (AvgIpc) is 2.44. The Kier molecular flexibility index (Phi) is 4.58. The molecule has 0 saturated carbocycles. The Morgan fingerprint density at radius 3 is 2.37 bits per heavy atom. The third kappa shape index (κ3) is 3.36. The molecule has 0 atom stereocenters. The van der Waals surface area contributed by atoms with Crippen LogP contribution in [0.15, 0.2) is 42.5 Å². The summed E-state index contributed by atoms with van der Waals surface area (Å²) in [4.78, 5) is 10.6.